The van der Waals surface area contributed by atoms with Crippen LogP contribution in [0.2, 0.25) is 0 Å². The highest BCUT2D eigenvalue weighted by molar-refractivity contribution is 5.94. The Hall–Kier alpha value is -3.29. The molecule has 0 aliphatic carbocycles. The molecule has 0 aliphatic rings. The van der Waals surface area contributed by atoms with Gasteiger partial charge in [-0.05, 0) is 24.3 Å². The third kappa shape index (κ3) is 6.02. The molecule has 130 valence electrons. The van der Waals surface area contributed by atoms with Gasteiger partial charge in [0.25, 0.3) is 11.6 Å². The zero-order valence-electron chi connectivity index (χ0n) is 13.5. The second kappa shape index (κ2) is 9.11. The molecule has 0 atom stereocenters. The van der Waals surface area contributed by atoms with Crippen LogP contribution in [-0.4, -0.2) is 34.8 Å². The van der Waals surface area contributed by atoms with Gasteiger partial charge in [-0.1, -0.05) is 6.07 Å². The third-order valence-corrected chi connectivity index (χ3v) is 3.41. The fourth-order valence-corrected chi connectivity index (χ4v) is 2.09. The summed E-state index contributed by atoms with van der Waals surface area (Å²) < 4.78 is 0. The molecule has 0 saturated heterocycles. The van der Waals surface area contributed by atoms with E-state index in [1.54, 1.807) is 6.20 Å². The summed E-state index contributed by atoms with van der Waals surface area (Å²) in [5, 5.41) is 15.9. The molecule has 0 aliphatic heterocycles. The van der Waals surface area contributed by atoms with Gasteiger partial charge in [0.05, 0.1) is 4.92 Å². The molecule has 0 unspecified atom stereocenters. The van der Waals surface area contributed by atoms with E-state index in [0.29, 0.717) is 18.5 Å². The van der Waals surface area contributed by atoms with Crippen molar-refractivity contribution in [2.75, 3.05) is 13.1 Å². The van der Waals surface area contributed by atoms with Gasteiger partial charge in [0.1, 0.15) is 0 Å². The van der Waals surface area contributed by atoms with E-state index in [9.17, 15) is 19.7 Å². The third-order valence-electron chi connectivity index (χ3n) is 3.41. The van der Waals surface area contributed by atoms with Gasteiger partial charge in [0, 0.05) is 55.5 Å². The summed E-state index contributed by atoms with van der Waals surface area (Å²) in [7, 11) is 0. The first kappa shape index (κ1) is 18.1. The molecule has 2 aromatic rings. The largest absolute Gasteiger partial charge is 0.356 e. The summed E-state index contributed by atoms with van der Waals surface area (Å²) in [5.41, 5.74) is 1.12. The van der Waals surface area contributed by atoms with E-state index < -0.39 is 4.92 Å². The maximum atomic E-state index is 11.9. The van der Waals surface area contributed by atoms with Crippen molar-refractivity contribution in [3.05, 3.63) is 70.0 Å². The lowest BCUT2D eigenvalue weighted by Crippen LogP contribution is -2.31. The first-order valence-corrected chi connectivity index (χ1v) is 7.75. The number of hydrogen-bond donors (Lipinski definition) is 2. The zero-order chi connectivity index (χ0) is 18.1. The van der Waals surface area contributed by atoms with E-state index >= 15 is 0 Å². The molecule has 0 bridgehead atoms. The molecular formula is C17H18N4O4. The molecule has 2 rings (SSSR count). The lowest BCUT2D eigenvalue weighted by atomic mass is 10.2. The number of benzene rings is 1. The Morgan fingerprint density at radius 2 is 1.80 bits per heavy atom. The van der Waals surface area contributed by atoms with Gasteiger partial charge < -0.3 is 10.6 Å². The molecule has 1 aromatic carbocycles. The Labute approximate surface area is 144 Å². The maximum Gasteiger partial charge on any atom is 0.269 e. The number of carbonyl (C=O) groups excluding carboxylic acids is 2. The van der Waals surface area contributed by atoms with Crippen LogP contribution in [0.4, 0.5) is 5.69 Å². The van der Waals surface area contributed by atoms with Crippen molar-refractivity contribution >= 4 is 17.5 Å². The van der Waals surface area contributed by atoms with Gasteiger partial charge >= 0.3 is 0 Å². The minimum atomic E-state index is -0.531. The average molecular weight is 342 g/mol. The zero-order valence-corrected chi connectivity index (χ0v) is 13.5. The fraction of sp³-hybridized carbons (Fsp3) is 0.235. The summed E-state index contributed by atoms with van der Waals surface area (Å²) in [6.07, 6.45) is 2.49. The number of nitrogens with one attached hydrogen (secondary N) is 2. The first-order valence-electron chi connectivity index (χ1n) is 7.75. The molecule has 25 heavy (non-hydrogen) atoms. The van der Waals surface area contributed by atoms with Crippen molar-refractivity contribution in [3.63, 3.8) is 0 Å². The van der Waals surface area contributed by atoms with Crippen molar-refractivity contribution in [1.29, 1.82) is 0 Å². The van der Waals surface area contributed by atoms with Crippen molar-refractivity contribution < 1.29 is 14.5 Å². The highest BCUT2D eigenvalue weighted by Crippen LogP contribution is 2.11. The predicted molar refractivity (Wildman–Crippen MR) is 91.0 cm³/mol. The minimum absolute atomic E-state index is 0.0798. The van der Waals surface area contributed by atoms with E-state index in [0.717, 1.165) is 5.69 Å². The van der Waals surface area contributed by atoms with Crippen molar-refractivity contribution in [2.24, 2.45) is 0 Å². The quantitative estimate of drug-likeness (QED) is 0.557. The van der Waals surface area contributed by atoms with E-state index in [4.69, 9.17) is 0 Å². The summed E-state index contributed by atoms with van der Waals surface area (Å²) in [6.45, 7) is 0.664. The van der Waals surface area contributed by atoms with E-state index in [-0.39, 0.29) is 30.5 Å². The number of nitro groups is 1. The molecule has 2 N–H and O–H groups in total. The van der Waals surface area contributed by atoms with Crippen LogP contribution >= 0.6 is 0 Å². The molecule has 1 aromatic heterocycles. The number of rotatable bonds is 8. The van der Waals surface area contributed by atoms with Gasteiger partial charge in [0.15, 0.2) is 0 Å². The minimum Gasteiger partial charge on any atom is -0.356 e. The van der Waals surface area contributed by atoms with Gasteiger partial charge in [-0.15, -0.1) is 0 Å². The van der Waals surface area contributed by atoms with Crippen LogP contribution in [0.5, 0.6) is 0 Å². The lowest BCUT2D eigenvalue weighted by Gasteiger charge is -2.07. The number of non-ortho nitro benzene ring substituents is 1. The smallest absolute Gasteiger partial charge is 0.269 e. The highest BCUT2D eigenvalue weighted by atomic mass is 16.6. The van der Waals surface area contributed by atoms with Crippen LogP contribution in [0.15, 0.2) is 48.7 Å². The van der Waals surface area contributed by atoms with Crippen LogP contribution in [0.1, 0.15) is 22.5 Å². The number of hydrogen-bond acceptors (Lipinski definition) is 5. The van der Waals surface area contributed by atoms with Gasteiger partial charge in [0.2, 0.25) is 5.91 Å². The monoisotopic (exact) mass is 342 g/mol. The van der Waals surface area contributed by atoms with Crippen molar-refractivity contribution in [1.82, 2.24) is 15.6 Å². The van der Waals surface area contributed by atoms with E-state index in [1.807, 2.05) is 18.2 Å². The Morgan fingerprint density at radius 1 is 1.04 bits per heavy atom. The van der Waals surface area contributed by atoms with Gasteiger partial charge in [-0.2, -0.15) is 0 Å². The molecule has 1 heterocycles. The summed E-state index contributed by atoms with van der Waals surface area (Å²) in [4.78, 5) is 37.8. The van der Waals surface area contributed by atoms with Crippen LogP contribution in [0.25, 0.3) is 0 Å². The van der Waals surface area contributed by atoms with Crippen LogP contribution in [0.3, 0.4) is 0 Å². The molecule has 0 fully saturated rings. The molecule has 8 heteroatoms. The Morgan fingerprint density at radius 3 is 2.44 bits per heavy atom. The number of aromatic nitrogens is 1. The molecule has 2 amide bonds. The van der Waals surface area contributed by atoms with E-state index in [1.165, 1.54) is 24.3 Å². The standard InChI is InChI=1S/C17H18N4O4/c22-16(19-11-8-14-3-1-2-10-18-14)9-12-20-17(23)13-4-6-15(7-5-13)21(24)25/h1-7,10H,8-9,11-12H2,(H,19,22)(H,20,23). The molecular weight excluding hydrogens is 324 g/mol. The molecule has 0 radical (unpaired) electrons. The van der Waals surface area contributed by atoms with Crippen molar-refractivity contribution in [2.45, 2.75) is 12.8 Å². The Kier molecular flexibility index (Phi) is 6.58. The SMILES string of the molecule is O=C(CCNC(=O)c1ccc([N+](=O)[O-])cc1)NCCc1ccccn1. The van der Waals surface area contributed by atoms with Crippen LogP contribution in [0, 0.1) is 10.1 Å². The average Bonchev–Trinajstić information content (AvgIpc) is 2.62. The van der Waals surface area contributed by atoms with Gasteiger partial charge in [-0.25, -0.2) is 0 Å². The number of amides is 2. The van der Waals surface area contributed by atoms with Crippen molar-refractivity contribution in [3.8, 4) is 0 Å². The first-order chi connectivity index (χ1) is 12.1. The molecule has 0 saturated carbocycles. The summed E-state index contributed by atoms with van der Waals surface area (Å²) in [5.74, 6) is -0.545. The van der Waals surface area contributed by atoms with E-state index in [2.05, 4.69) is 15.6 Å². The number of nitrogens with zero attached hydrogens (tertiary/aromatic N) is 2. The lowest BCUT2D eigenvalue weighted by molar-refractivity contribution is -0.384. The fourth-order valence-electron chi connectivity index (χ4n) is 2.09. The highest BCUT2D eigenvalue weighted by Gasteiger charge is 2.09. The summed E-state index contributed by atoms with van der Waals surface area (Å²) in [6, 6.07) is 10.9. The van der Waals surface area contributed by atoms with Gasteiger partial charge in [-0.3, -0.25) is 24.7 Å². The van der Waals surface area contributed by atoms with Crippen LogP contribution < -0.4 is 10.6 Å². The second-order valence-electron chi connectivity index (χ2n) is 5.23. The molecule has 0 spiro atoms. The normalized spacial score (nSPS) is 10.1. The number of carbonyl (C=O) groups is 2. The summed E-state index contributed by atoms with van der Waals surface area (Å²) >= 11 is 0. The number of pyridine rings is 1. The second-order valence-corrected chi connectivity index (χ2v) is 5.23. The predicted octanol–water partition coefficient (Wildman–Crippen LogP) is 1.47. The van der Waals surface area contributed by atoms with Crippen LogP contribution in [-0.2, 0) is 11.2 Å². The molecule has 8 nitrogen and oxygen atoms in total. The Bertz CT molecular complexity index is 732. The number of nitro benzene ring substituents is 1. The Balaban J connectivity index is 1.66. The topological polar surface area (TPSA) is 114 Å². The maximum absolute atomic E-state index is 11.9.